The number of carboxylic acids is 1. The van der Waals surface area contributed by atoms with Crippen molar-refractivity contribution in [3.63, 3.8) is 0 Å². The molecule has 3 aromatic rings. The number of rotatable bonds is 2. The van der Waals surface area contributed by atoms with Gasteiger partial charge in [-0.05, 0) is 26.3 Å². The second kappa shape index (κ2) is 4.70. The molecule has 0 bridgehead atoms. The first-order valence-electron chi connectivity index (χ1n) is 6.64. The van der Waals surface area contributed by atoms with Crippen LogP contribution in [-0.4, -0.2) is 25.7 Å². The van der Waals surface area contributed by atoms with Gasteiger partial charge in [0.05, 0.1) is 17.0 Å². The van der Waals surface area contributed by atoms with E-state index in [0.717, 1.165) is 22.4 Å². The van der Waals surface area contributed by atoms with E-state index in [2.05, 4.69) is 16.1 Å². The predicted octanol–water partition coefficient (Wildman–Crippen LogP) is 3.02. The molecule has 0 aliphatic carbocycles. The first kappa shape index (κ1) is 13.3. The number of aromatic carboxylic acids is 1. The zero-order valence-electron chi connectivity index (χ0n) is 12.1. The number of hydrogen-bond acceptors (Lipinski definition) is 3. The Morgan fingerprint density at radius 2 is 2.00 bits per heavy atom. The second-order valence-electron chi connectivity index (χ2n) is 5.13. The molecule has 0 atom stereocenters. The number of benzene rings is 1. The highest BCUT2D eigenvalue weighted by Gasteiger charge is 2.18. The minimum Gasteiger partial charge on any atom is -0.478 e. The smallest absolute Gasteiger partial charge is 0.339 e. The SMILES string of the molecule is Cc1cccc(-c2c(C)nn3c(C)c(C(=O)O)cnc23)c1. The van der Waals surface area contributed by atoms with Crippen molar-refractivity contribution in [2.45, 2.75) is 20.8 Å². The molecule has 3 rings (SSSR count). The van der Waals surface area contributed by atoms with Gasteiger partial charge >= 0.3 is 5.97 Å². The van der Waals surface area contributed by atoms with Crippen LogP contribution >= 0.6 is 0 Å². The summed E-state index contributed by atoms with van der Waals surface area (Å²) in [6.07, 6.45) is 1.40. The molecule has 0 saturated carbocycles. The standard InChI is InChI=1S/C16H15N3O2/c1-9-5-4-6-12(7-9)14-10(2)18-19-11(3)13(16(20)21)8-17-15(14)19/h4-8H,1-3H3,(H,20,21). The van der Waals surface area contributed by atoms with Crippen molar-refractivity contribution in [3.05, 3.63) is 53.0 Å². The number of aryl methyl sites for hydroxylation is 3. The molecule has 0 aliphatic rings. The van der Waals surface area contributed by atoms with E-state index in [1.807, 2.05) is 32.0 Å². The Balaban J connectivity index is 2.33. The summed E-state index contributed by atoms with van der Waals surface area (Å²) in [4.78, 5) is 15.5. The van der Waals surface area contributed by atoms with E-state index in [-0.39, 0.29) is 5.56 Å². The monoisotopic (exact) mass is 281 g/mol. The lowest BCUT2D eigenvalue weighted by atomic mass is 10.0. The minimum atomic E-state index is -0.993. The second-order valence-corrected chi connectivity index (χ2v) is 5.13. The molecular weight excluding hydrogens is 266 g/mol. The van der Waals surface area contributed by atoms with E-state index in [9.17, 15) is 9.90 Å². The maximum Gasteiger partial charge on any atom is 0.339 e. The van der Waals surface area contributed by atoms with Gasteiger partial charge in [-0.25, -0.2) is 14.3 Å². The van der Waals surface area contributed by atoms with Gasteiger partial charge in [-0.1, -0.05) is 29.8 Å². The zero-order valence-corrected chi connectivity index (χ0v) is 12.1. The summed E-state index contributed by atoms with van der Waals surface area (Å²) in [6, 6.07) is 8.11. The van der Waals surface area contributed by atoms with Crippen molar-refractivity contribution in [1.82, 2.24) is 14.6 Å². The van der Waals surface area contributed by atoms with E-state index in [1.165, 1.54) is 6.20 Å². The number of carboxylic acid groups (broad SMARTS) is 1. The van der Waals surface area contributed by atoms with E-state index in [1.54, 1.807) is 11.4 Å². The first-order valence-corrected chi connectivity index (χ1v) is 6.64. The van der Waals surface area contributed by atoms with Crippen molar-refractivity contribution >= 4 is 11.6 Å². The molecule has 21 heavy (non-hydrogen) atoms. The highest BCUT2D eigenvalue weighted by Crippen LogP contribution is 2.28. The molecule has 0 unspecified atom stereocenters. The molecule has 0 radical (unpaired) electrons. The molecule has 5 heteroatoms. The van der Waals surface area contributed by atoms with Gasteiger partial charge in [0.2, 0.25) is 0 Å². The fourth-order valence-electron chi connectivity index (χ4n) is 2.55. The lowest BCUT2D eigenvalue weighted by Gasteiger charge is -2.04. The van der Waals surface area contributed by atoms with Crippen molar-refractivity contribution in [1.29, 1.82) is 0 Å². The summed E-state index contributed by atoms with van der Waals surface area (Å²) in [5.41, 5.74) is 5.40. The third-order valence-corrected chi connectivity index (χ3v) is 3.60. The topological polar surface area (TPSA) is 67.5 Å². The fourth-order valence-corrected chi connectivity index (χ4v) is 2.55. The largest absolute Gasteiger partial charge is 0.478 e. The Hall–Kier alpha value is -2.69. The van der Waals surface area contributed by atoms with Gasteiger partial charge in [0.25, 0.3) is 0 Å². The van der Waals surface area contributed by atoms with Crippen LogP contribution in [0.4, 0.5) is 0 Å². The summed E-state index contributed by atoms with van der Waals surface area (Å²) in [6.45, 7) is 5.68. The van der Waals surface area contributed by atoms with Crippen molar-refractivity contribution in [2.24, 2.45) is 0 Å². The van der Waals surface area contributed by atoms with E-state index >= 15 is 0 Å². The van der Waals surface area contributed by atoms with Gasteiger partial charge < -0.3 is 5.11 Å². The number of nitrogens with zero attached hydrogens (tertiary/aromatic N) is 3. The minimum absolute atomic E-state index is 0.167. The summed E-state index contributed by atoms with van der Waals surface area (Å²) >= 11 is 0. The number of aromatic nitrogens is 3. The van der Waals surface area contributed by atoms with Gasteiger partial charge in [0.1, 0.15) is 0 Å². The third kappa shape index (κ3) is 2.07. The van der Waals surface area contributed by atoms with Gasteiger partial charge in [-0.3, -0.25) is 0 Å². The summed E-state index contributed by atoms with van der Waals surface area (Å²) in [5, 5.41) is 13.6. The van der Waals surface area contributed by atoms with E-state index in [0.29, 0.717) is 11.3 Å². The van der Waals surface area contributed by atoms with Crippen LogP contribution in [0.15, 0.2) is 30.5 Å². The molecule has 1 aromatic carbocycles. The Kier molecular flexibility index (Phi) is 2.97. The zero-order chi connectivity index (χ0) is 15.1. The number of fused-ring (bicyclic) bond motifs is 1. The van der Waals surface area contributed by atoms with Crippen LogP contribution in [0.25, 0.3) is 16.8 Å². The van der Waals surface area contributed by atoms with Gasteiger partial charge in [0, 0.05) is 11.8 Å². The first-order chi connectivity index (χ1) is 9.99. The number of hydrogen-bond donors (Lipinski definition) is 1. The lowest BCUT2D eigenvalue weighted by molar-refractivity contribution is 0.0695. The molecule has 2 heterocycles. The van der Waals surface area contributed by atoms with Crippen LogP contribution in [0.1, 0.15) is 27.3 Å². The molecule has 0 amide bonds. The van der Waals surface area contributed by atoms with Crippen LogP contribution in [0.3, 0.4) is 0 Å². The van der Waals surface area contributed by atoms with Crippen LogP contribution in [0.5, 0.6) is 0 Å². The Bertz CT molecular complexity index is 865. The van der Waals surface area contributed by atoms with Gasteiger partial charge in [-0.2, -0.15) is 5.10 Å². The molecule has 5 nitrogen and oxygen atoms in total. The lowest BCUT2D eigenvalue weighted by Crippen LogP contribution is -2.07. The average molecular weight is 281 g/mol. The average Bonchev–Trinajstić information content (AvgIpc) is 2.76. The highest BCUT2D eigenvalue weighted by atomic mass is 16.4. The highest BCUT2D eigenvalue weighted by molar-refractivity contribution is 5.89. The maximum atomic E-state index is 11.2. The molecule has 106 valence electrons. The van der Waals surface area contributed by atoms with Gasteiger partial charge in [0.15, 0.2) is 5.65 Å². The van der Waals surface area contributed by atoms with Crippen LogP contribution in [0, 0.1) is 20.8 Å². The van der Waals surface area contributed by atoms with Crippen LogP contribution < -0.4 is 0 Å². The van der Waals surface area contributed by atoms with E-state index < -0.39 is 5.97 Å². The summed E-state index contributed by atoms with van der Waals surface area (Å²) in [5.74, 6) is -0.993. The van der Waals surface area contributed by atoms with Gasteiger partial charge in [-0.15, -0.1) is 0 Å². The maximum absolute atomic E-state index is 11.2. The molecular formula is C16H15N3O2. The van der Waals surface area contributed by atoms with Crippen LogP contribution in [0.2, 0.25) is 0 Å². The summed E-state index contributed by atoms with van der Waals surface area (Å²) < 4.78 is 1.61. The Morgan fingerprint density at radius 1 is 1.24 bits per heavy atom. The van der Waals surface area contributed by atoms with E-state index in [4.69, 9.17) is 0 Å². The third-order valence-electron chi connectivity index (χ3n) is 3.60. The normalized spacial score (nSPS) is 11.0. The number of carbonyl (C=O) groups is 1. The summed E-state index contributed by atoms with van der Waals surface area (Å²) in [7, 11) is 0. The molecule has 1 N–H and O–H groups in total. The Labute approximate surface area is 121 Å². The van der Waals surface area contributed by atoms with Crippen molar-refractivity contribution < 1.29 is 9.90 Å². The van der Waals surface area contributed by atoms with Crippen LogP contribution in [-0.2, 0) is 0 Å². The molecule has 2 aromatic heterocycles. The quantitative estimate of drug-likeness (QED) is 0.784. The molecule has 0 fully saturated rings. The van der Waals surface area contributed by atoms with Crippen molar-refractivity contribution in [3.8, 4) is 11.1 Å². The molecule has 0 aliphatic heterocycles. The van der Waals surface area contributed by atoms with Crippen molar-refractivity contribution in [2.75, 3.05) is 0 Å². The Morgan fingerprint density at radius 3 is 2.67 bits per heavy atom. The predicted molar refractivity (Wildman–Crippen MR) is 79.6 cm³/mol. The fraction of sp³-hybridized carbons (Fsp3) is 0.188. The molecule has 0 spiro atoms. The molecule has 0 saturated heterocycles.